The molecule has 2 aromatic rings. The van der Waals surface area contributed by atoms with Gasteiger partial charge in [0.25, 0.3) is 5.91 Å². The van der Waals surface area contributed by atoms with Gasteiger partial charge in [0.2, 0.25) is 0 Å². The maximum atomic E-state index is 12.8. The second kappa shape index (κ2) is 8.61. The summed E-state index contributed by atoms with van der Waals surface area (Å²) < 4.78 is 0. The second-order valence-electron chi connectivity index (χ2n) is 6.70. The topological polar surface area (TPSA) is 37.4 Å². The van der Waals surface area contributed by atoms with Gasteiger partial charge in [-0.05, 0) is 44.2 Å². The van der Waals surface area contributed by atoms with Gasteiger partial charge < -0.3 is 4.90 Å². The minimum Gasteiger partial charge on any atom is -0.336 e. The van der Waals surface area contributed by atoms with Gasteiger partial charge in [-0.3, -0.25) is 9.59 Å². The molecule has 1 aliphatic rings. The molecule has 3 rings (SSSR count). The number of benzene rings is 2. The van der Waals surface area contributed by atoms with Crippen LogP contribution in [0.2, 0.25) is 0 Å². The number of carbonyl (C=O) groups is 2. The number of Topliss-reactive ketones (excluding diaryl/α,β-unsaturated/α-hetero) is 1. The standard InChI is InChI=1S/C22H25NO2/c24-21(18-10-3-1-4-11-18)16-9-15-20-14-7-8-17-23(20)22(25)19-12-5-2-6-13-19/h1-6,10-13,20H,7-9,14-17H2/t20-/m0/s1. The Hall–Kier alpha value is -2.42. The quantitative estimate of drug-likeness (QED) is 0.715. The molecule has 0 radical (unpaired) electrons. The van der Waals surface area contributed by atoms with Gasteiger partial charge in [0.05, 0.1) is 0 Å². The lowest BCUT2D eigenvalue weighted by Gasteiger charge is -2.36. The Kier molecular flexibility index (Phi) is 5.99. The molecule has 0 aromatic heterocycles. The molecule has 1 heterocycles. The summed E-state index contributed by atoms with van der Waals surface area (Å²) in [6, 6.07) is 19.2. The average Bonchev–Trinajstić information content (AvgIpc) is 2.69. The van der Waals surface area contributed by atoms with Crippen molar-refractivity contribution in [1.29, 1.82) is 0 Å². The number of piperidine rings is 1. The van der Waals surface area contributed by atoms with Gasteiger partial charge in [0.15, 0.2) is 5.78 Å². The molecule has 3 heteroatoms. The van der Waals surface area contributed by atoms with Crippen molar-refractivity contribution in [3.05, 3.63) is 71.8 Å². The van der Waals surface area contributed by atoms with Crippen LogP contribution in [0.15, 0.2) is 60.7 Å². The highest BCUT2D eigenvalue weighted by molar-refractivity contribution is 5.96. The van der Waals surface area contributed by atoms with E-state index in [1.165, 1.54) is 0 Å². The summed E-state index contributed by atoms with van der Waals surface area (Å²) in [5.41, 5.74) is 1.54. The van der Waals surface area contributed by atoms with E-state index in [1.54, 1.807) is 0 Å². The third-order valence-corrected chi connectivity index (χ3v) is 4.95. The molecule has 3 nitrogen and oxygen atoms in total. The lowest BCUT2D eigenvalue weighted by molar-refractivity contribution is 0.0598. The van der Waals surface area contributed by atoms with Crippen LogP contribution in [0.25, 0.3) is 0 Å². The van der Waals surface area contributed by atoms with Crippen LogP contribution in [-0.4, -0.2) is 29.2 Å². The lowest BCUT2D eigenvalue weighted by atomic mass is 9.95. The molecule has 130 valence electrons. The van der Waals surface area contributed by atoms with Crippen LogP contribution >= 0.6 is 0 Å². The van der Waals surface area contributed by atoms with E-state index in [1.807, 2.05) is 65.6 Å². The van der Waals surface area contributed by atoms with Gasteiger partial charge in [0, 0.05) is 30.1 Å². The highest BCUT2D eigenvalue weighted by Crippen LogP contribution is 2.24. The van der Waals surface area contributed by atoms with Crippen molar-refractivity contribution in [1.82, 2.24) is 4.90 Å². The Bertz CT molecular complexity index is 696. The average molecular weight is 335 g/mol. The van der Waals surface area contributed by atoms with Gasteiger partial charge in [0.1, 0.15) is 0 Å². The number of nitrogens with zero attached hydrogens (tertiary/aromatic N) is 1. The van der Waals surface area contributed by atoms with Crippen molar-refractivity contribution < 1.29 is 9.59 Å². The van der Waals surface area contributed by atoms with Crippen molar-refractivity contribution in [3.63, 3.8) is 0 Å². The molecular weight excluding hydrogens is 310 g/mol. The van der Waals surface area contributed by atoms with E-state index in [9.17, 15) is 9.59 Å². The van der Waals surface area contributed by atoms with Crippen LogP contribution in [0.5, 0.6) is 0 Å². The summed E-state index contributed by atoms with van der Waals surface area (Å²) in [5, 5.41) is 0. The molecule has 0 aliphatic carbocycles. The van der Waals surface area contributed by atoms with Gasteiger partial charge in [-0.1, -0.05) is 48.5 Å². The van der Waals surface area contributed by atoms with E-state index in [0.29, 0.717) is 6.42 Å². The van der Waals surface area contributed by atoms with E-state index in [0.717, 1.165) is 49.8 Å². The van der Waals surface area contributed by atoms with E-state index in [-0.39, 0.29) is 17.7 Å². The highest BCUT2D eigenvalue weighted by atomic mass is 16.2. The maximum Gasteiger partial charge on any atom is 0.254 e. The SMILES string of the molecule is O=C(CCC[C@@H]1CCCCN1C(=O)c1ccccc1)c1ccccc1. The molecule has 1 saturated heterocycles. The van der Waals surface area contributed by atoms with Crippen molar-refractivity contribution in [2.24, 2.45) is 0 Å². The van der Waals surface area contributed by atoms with Crippen LogP contribution in [0.1, 0.15) is 59.2 Å². The molecule has 1 fully saturated rings. The fraction of sp³-hybridized carbons (Fsp3) is 0.364. The molecule has 0 saturated carbocycles. The summed E-state index contributed by atoms with van der Waals surface area (Å²) in [7, 11) is 0. The number of likely N-dealkylation sites (tertiary alicyclic amines) is 1. The number of ketones is 1. The van der Waals surface area contributed by atoms with Crippen molar-refractivity contribution in [2.45, 2.75) is 44.6 Å². The summed E-state index contributed by atoms with van der Waals surface area (Å²) in [5.74, 6) is 0.317. The summed E-state index contributed by atoms with van der Waals surface area (Å²) in [6.07, 6.45) is 5.55. The normalized spacial score (nSPS) is 17.3. The number of carbonyl (C=O) groups excluding carboxylic acids is 2. The third kappa shape index (κ3) is 4.56. The second-order valence-corrected chi connectivity index (χ2v) is 6.70. The van der Waals surface area contributed by atoms with E-state index in [2.05, 4.69) is 0 Å². The minimum absolute atomic E-state index is 0.125. The molecular formula is C22H25NO2. The Labute approximate surface area is 149 Å². The van der Waals surface area contributed by atoms with Crippen LogP contribution in [0.4, 0.5) is 0 Å². The summed E-state index contributed by atoms with van der Waals surface area (Å²) >= 11 is 0. The monoisotopic (exact) mass is 335 g/mol. The third-order valence-electron chi connectivity index (χ3n) is 4.95. The zero-order valence-corrected chi connectivity index (χ0v) is 14.6. The molecule has 0 unspecified atom stereocenters. The fourth-order valence-electron chi connectivity index (χ4n) is 3.58. The van der Waals surface area contributed by atoms with Gasteiger partial charge in [-0.2, -0.15) is 0 Å². The number of hydrogen-bond acceptors (Lipinski definition) is 2. The predicted molar refractivity (Wildman–Crippen MR) is 99.7 cm³/mol. The fourth-order valence-corrected chi connectivity index (χ4v) is 3.58. The minimum atomic E-state index is 0.125. The first-order valence-electron chi connectivity index (χ1n) is 9.20. The first-order valence-corrected chi connectivity index (χ1v) is 9.20. The first kappa shape index (κ1) is 17.4. The maximum absolute atomic E-state index is 12.8. The first-order chi connectivity index (χ1) is 12.3. The summed E-state index contributed by atoms with van der Waals surface area (Å²) in [6.45, 7) is 0.824. The van der Waals surface area contributed by atoms with E-state index in [4.69, 9.17) is 0 Å². The Balaban J connectivity index is 1.56. The van der Waals surface area contributed by atoms with Gasteiger partial charge in [-0.25, -0.2) is 0 Å². The zero-order valence-electron chi connectivity index (χ0n) is 14.6. The van der Waals surface area contributed by atoms with Crippen molar-refractivity contribution >= 4 is 11.7 Å². The lowest BCUT2D eigenvalue weighted by Crippen LogP contribution is -2.43. The number of amides is 1. The largest absolute Gasteiger partial charge is 0.336 e. The Morgan fingerprint density at radius 2 is 1.52 bits per heavy atom. The van der Waals surface area contributed by atoms with E-state index < -0.39 is 0 Å². The van der Waals surface area contributed by atoms with Crippen LogP contribution in [-0.2, 0) is 0 Å². The highest BCUT2D eigenvalue weighted by Gasteiger charge is 2.27. The van der Waals surface area contributed by atoms with Crippen LogP contribution < -0.4 is 0 Å². The van der Waals surface area contributed by atoms with E-state index >= 15 is 0 Å². The van der Waals surface area contributed by atoms with Gasteiger partial charge >= 0.3 is 0 Å². The molecule has 2 aromatic carbocycles. The summed E-state index contributed by atoms with van der Waals surface area (Å²) in [4.78, 5) is 27.0. The number of rotatable bonds is 6. The van der Waals surface area contributed by atoms with Crippen molar-refractivity contribution in [3.8, 4) is 0 Å². The molecule has 0 N–H and O–H groups in total. The number of hydrogen-bond donors (Lipinski definition) is 0. The van der Waals surface area contributed by atoms with Crippen LogP contribution in [0.3, 0.4) is 0 Å². The molecule has 0 bridgehead atoms. The van der Waals surface area contributed by atoms with Crippen molar-refractivity contribution in [2.75, 3.05) is 6.54 Å². The molecule has 1 atom stereocenters. The smallest absolute Gasteiger partial charge is 0.254 e. The Morgan fingerprint density at radius 3 is 2.20 bits per heavy atom. The molecule has 0 spiro atoms. The molecule has 25 heavy (non-hydrogen) atoms. The molecule has 1 amide bonds. The predicted octanol–water partition coefficient (Wildman–Crippen LogP) is 4.73. The molecule has 1 aliphatic heterocycles. The zero-order chi connectivity index (χ0) is 17.5. The van der Waals surface area contributed by atoms with Gasteiger partial charge in [-0.15, -0.1) is 0 Å². The van der Waals surface area contributed by atoms with Crippen LogP contribution in [0, 0.1) is 0 Å². The Morgan fingerprint density at radius 1 is 0.880 bits per heavy atom.